The maximum Gasteiger partial charge on any atom is 0.239 e. The van der Waals surface area contributed by atoms with E-state index in [1.807, 2.05) is 24.3 Å². The van der Waals surface area contributed by atoms with Crippen molar-refractivity contribution in [2.24, 2.45) is 11.8 Å². The van der Waals surface area contributed by atoms with Gasteiger partial charge in [0.15, 0.2) is 0 Å². The standard InChI is InChI=1S/C22H28ClN5O2/c23-19-6-2-1-4-17(19)14-28-20(9-10-25-28)26-21(29)15-27-11-3-5-18(13-27)22(30)24-12-16-7-8-16/h1-2,4,6,9-10,16,18H,3,5,7-8,11-15H2,(H,24,30)(H,26,29). The van der Waals surface area contributed by atoms with Crippen LogP contribution in [0.2, 0.25) is 5.02 Å². The second-order valence-corrected chi connectivity index (χ2v) is 8.68. The molecular weight excluding hydrogens is 402 g/mol. The molecule has 2 heterocycles. The zero-order valence-electron chi connectivity index (χ0n) is 17.0. The molecule has 1 saturated heterocycles. The van der Waals surface area contributed by atoms with Gasteiger partial charge in [0.2, 0.25) is 11.8 Å². The van der Waals surface area contributed by atoms with E-state index in [4.69, 9.17) is 11.6 Å². The lowest BCUT2D eigenvalue weighted by atomic mass is 9.97. The van der Waals surface area contributed by atoms with Crippen molar-refractivity contribution in [3.8, 4) is 0 Å². The molecule has 1 aliphatic heterocycles. The maximum atomic E-state index is 12.6. The molecule has 0 bridgehead atoms. The number of carbonyl (C=O) groups is 2. The van der Waals surface area contributed by atoms with Crippen molar-refractivity contribution in [3.63, 3.8) is 0 Å². The largest absolute Gasteiger partial charge is 0.356 e. The number of aromatic nitrogens is 2. The SMILES string of the molecule is O=C(CN1CCCC(C(=O)NCC2CC2)C1)Nc1ccnn1Cc1ccccc1Cl. The first-order valence-electron chi connectivity index (χ1n) is 10.6. The predicted octanol–water partition coefficient (Wildman–Crippen LogP) is 2.76. The molecule has 160 valence electrons. The maximum absolute atomic E-state index is 12.6. The van der Waals surface area contributed by atoms with E-state index in [0.29, 0.717) is 29.8 Å². The Bertz CT molecular complexity index is 895. The van der Waals surface area contributed by atoms with E-state index in [2.05, 4.69) is 20.6 Å². The van der Waals surface area contributed by atoms with Gasteiger partial charge in [-0.2, -0.15) is 5.10 Å². The lowest BCUT2D eigenvalue weighted by Gasteiger charge is -2.31. The number of likely N-dealkylation sites (tertiary alicyclic amines) is 1. The summed E-state index contributed by atoms with van der Waals surface area (Å²) in [5.74, 6) is 1.31. The predicted molar refractivity (Wildman–Crippen MR) is 116 cm³/mol. The second kappa shape index (κ2) is 9.62. The number of carbonyl (C=O) groups excluding carboxylic acids is 2. The molecule has 0 radical (unpaired) electrons. The smallest absolute Gasteiger partial charge is 0.239 e. The minimum atomic E-state index is -0.102. The normalized spacial score (nSPS) is 19.4. The van der Waals surface area contributed by atoms with Crippen molar-refractivity contribution in [3.05, 3.63) is 47.1 Å². The molecule has 2 amide bonds. The van der Waals surface area contributed by atoms with Gasteiger partial charge in [-0.15, -0.1) is 0 Å². The minimum absolute atomic E-state index is 0.0314. The van der Waals surface area contributed by atoms with Gasteiger partial charge >= 0.3 is 0 Å². The molecule has 1 aromatic heterocycles. The first-order valence-corrected chi connectivity index (χ1v) is 11.0. The summed E-state index contributed by atoms with van der Waals surface area (Å²) >= 11 is 6.24. The number of benzene rings is 1. The molecule has 1 aliphatic carbocycles. The van der Waals surface area contributed by atoms with Crippen molar-refractivity contribution < 1.29 is 9.59 Å². The van der Waals surface area contributed by atoms with Crippen LogP contribution in [0.1, 0.15) is 31.2 Å². The topological polar surface area (TPSA) is 79.3 Å². The number of amides is 2. The van der Waals surface area contributed by atoms with Gasteiger partial charge in [-0.3, -0.25) is 14.5 Å². The van der Waals surface area contributed by atoms with Gasteiger partial charge in [0.25, 0.3) is 0 Å². The van der Waals surface area contributed by atoms with Crippen molar-refractivity contribution in [2.45, 2.75) is 32.2 Å². The van der Waals surface area contributed by atoms with E-state index in [1.165, 1.54) is 12.8 Å². The molecule has 2 aliphatic rings. The summed E-state index contributed by atoms with van der Waals surface area (Å²) in [7, 11) is 0. The average Bonchev–Trinajstić information content (AvgIpc) is 3.48. The summed E-state index contributed by atoms with van der Waals surface area (Å²) in [4.78, 5) is 27.1. The number of hydrogen-bond acceptors (Lipinski definition) is 4. The average molecular weight is 430 g/mol. The zero-order valence-corrected chi connectivity index (χ0v) is 17.8. The summed E-state index contributed by atoms with van der Waals surface area (Å²) < 4.78 is 1.73. The third-order valence-electron chi connectivity index (χ3n) is 5.77. The highest BCUT2D eigenvalue weighted by molar-refractivity contribution is 6.31. The van der Waals surface area contributed by atoms with Gasteiger partial charge in [-0.1, -0.05) is 29.8 Å². The third-order valence-corrected chi connectivity index (χ3v) is 6.14. The van der Waals surface area contributed by atoms with Crippen LogP contribution in [0.5, 0.6) is 0 Å². The van der Waals surface area contributed by atoms with E-state index in [1.54, 1.807) is 16.9 Å². The number of nitrogens with zero attached hydrogens (tertiary/aromatic N) is 3. The Labute approximate surface area is 181 Å². The highest BCUT2D eigenvalue weighted by Crippen LogP contribution is 2.28. The van der Waals surface area contributed by atoms with Crippen molar-refractivity contribution in [2.75, 3.05) is 31.5 Å². The Morgan fingerprint density at radius 3 is 2.80 bits per heavy atom. The summed E-state index contributed by atoms with van der Waals surface area (Å²) in [5, 5.41) is 11.0. The summed E-state index contributed by atoms with van der Waals surface area (Å²) in [5.41, 5.74) is 0.939. The molecule has 4 rings (SSSR count). The zero-order chi connectivity index (χ0) is 20.9. The molecular formula is C22H28ClN5O2. The van der Waals surface area contributed by atoms with E-state index >= 15 is 0 Å². The van der Waals surface area contributed by atoms with Gasteiger partial charge in [0.05, 0.1) is 25.2 Å². The van der Waals surface area contributed by atoms with Crippen molar-refractivity contribution in [1.29, 1.82) is 0 Å². The minimum Gasteiger partial charge on any atom is -0.356 e. The Kier molecular flexibility index (Phi) is 6.69. The molecule has 1 aromatic carbocycles. The summed E-state index contributed by atoms with van der Waals surface area (Å²) in [6.45, 7) is 3.01. The van der Waals surface area contributed by atoms with Crippen LogP contribution in [-0.4, -0.2) is 52.7 Å². The van der Waals surface area contributed by atoms with Crippen LogP contribution in [0.15, 0.2) is 36.5 Å². The lowest BCUT2D eigenvalue weighted by Crippen LogP contribution is -2.45. The van der Waals surface area contributed by atoms with Crippen LogP contribution in [0.25, 0.3) is 0 Å². The molecule has 8 heteroatoms. The fraction of sp³-hybridized carbons (Fsp3) is 0.500. The molecule has 2 aromatic rings. The number of nitrogens with one attached hydrogen (secondary N) is 2. The van der Waals surface area contributed by atoms with E-state index in [9.17, 15) is 9.59 Å². The highest BCUT2D eigenvalue weighted by atomic mass is 35.5. The van der Waals surface area contributed by atoms with Gasteiger partial charge in [-0.25, -0.2) is 4.68 Å². The Hall–Kier alpha value is -2.38. The van der Waals surface area contributed by atoms with Gasteiger partial charge in [0, 0.05) is 24.2 Å². The van der Waals surface area contributed by atoms with Crippen LogP contribution in [0, 0.1) is 11.8 Å². The second-order valence-electron chi connectivity index (χ2n) is 8.28. The molecule has 0 spiro atoms. The summed E-state index contributed by atoms with van der Waals surface area (Å²) in [6.07, 6.45) is 5.93. The lowest BCUT2D eigenvalue weighted by molar-refractivity contribution is -0.128. The number of rotatable bonds is 8. The van der Waals surface area contributed by atoms with Crippen molar-refractivity contribution in [1.82, 2.24) is 20.0 Å². The quantitative estimate of drug-likeness (QED) is 0.676. The molecule has 30 heavy (non-hydrogen) atoms. The summed E-state index contributed by atoms with van der Waals surface area (Å²) in [6, 6.07) is 9.37. The highest BCUT2D eigenvalue weighted by Gasteiger charge is 2.28. The van der Waals surface area contributed by atoms with Gasteiger partial charge < -0.3 is 10.6 Å². The van der Waals surface area contributed by atoms with E-state index in [0.717, 1.165) is 31.5 Å². The Morgan fingerprint density at radius 2 is 2.00 bits per heavy atom. The molecule has 1 unspecified atom stereocenters. The third kappa shape index (κ3) is 5.61. The Morgan fingerprint density at radius 1 is 1.17 bits per heavy atom. The first-order chi connectivity index (χ1) is 14.6. The molecule has 1 atom stereocenters. The van der Waals surface area contributed by atoms with Crippen LogP contribution in [0.4, 0.5) is 5.82 Å². The fourth-order valence-corrected chi connectivity index (χ4v) is 4.06. The molecule has 7 nitrogen and oxygen atoms in total. The van der Waals surface area contributed by atoms with Gasteiger partial charge in [0.1, 0.15) is 5.82 Å². The van der Waals surface area contributed by atoms with Crippen molar-refractivity contribution >= 4 is 29.2 Å². The first kappa shape index (κ1) is 20.9. The number of hydrogen-bond donors (Lipinski definition) is 2. The number of anilines is 1. The van der Waals surface area contributed by atoms with E-state index < -0.39 is 0 Å². The number of halogens is 1. The van der Waals surface area contributed by atoms with Crippen LogP contribution < -0.4 is 10.6 Å². The molecule has 2 fully saturated rings. The molecule has 1 saturated carbocycles. The fourth-order valence-electron chi connectivity index (χ4n) is 3.86. The van der Waals surface area contributed by atoms with E-state index in [-0.39, 0.29) is 24.3 Å². The van der Waals surface area contributed by atoms with Crippen LogP contribution >= 0.6 is 11.6 Å². The number of piperidine rings is 1. The molecule has 2 N–H and O–H groups in total. The van der Waals surface area contributed by atoms with Crippen LogP contribution in [-0.2, 0) is 16.1 Å². The monoisotopic (exact) mass is 429 g/mol. The van der Waals surface area contributed by atoms with Crippen LogP contribution in [0.3, 0.4) is 0 Å². The Balaban J connectivity index is 1.29. The van der Waals surface area contributed by atoms with Gasteiger partial charge in [-0.05, 0) is 49.8 Å².